The van der Waals surface area contributed by atoms with Crippen molar-refractivity contribution < 1.29 is 23.1 Å². The predicted molar refractivity (Wildman–Crippen MR) is 111 cm³/mol. The third kappa shape index (κ3) is 4.85. The van der Waals surface area contributed by atoms with Gasteiger partial charge >= 0.3 is 6.09 Å². The minimum atomic E-state index is -1.64. The Morgan fingerprint density at radius 1 is 1.50 bits per heavy atom. The van der Waals surface area contributed by atoms with Crippen LogP contribution >= 0.6 is 0 Å². The average Bonchev–Trinajstić information content (AvgIpc) is 3.11. The summed E-state index contributed by atoms with van der Waals surface area (Å²) in [6, 6.07) is 4.60. The maximum absolute atomic E-state index is 15.5. The number of carbonyl (C=O) groups is 2. The first kappa shape index (κ1) is 23.1. The molecule has 0 radical (unpaired) electrons. The number of piperidine rings is 1. The number of nitrogens with zero attached hydrogens (tertiary/aromatic N) is 5. The van der Waals surface area contributed by atoms with Crippen LogP contribution < -0.4 is 5.32 Å². The number of ether oxygens (including phenoxy) is 1. The Kier molecular flexibility index (Phi) is 6.43. The Bertz CT molecular complexity index is 1040. The molecule has 1 aliphatic heterocycles. The molecule has 1 aliphatic rings. The second-order valence-electron chi connectivity index (χ2n) is 8.57. The fourth-order valence-corrected chi connectivity index (χ4v) is 3.52. The number of hydrogen-bond acceptors (Lipinski definition) is 7. The van der Waals surface area contributed by atoms with Gasteiger partial charge in [0, 0.05) is 30.7 Å². The van der Waals surface area contributed by atoms with Crippen LogP contribution in [-0.2, 0) is 10.3 Å². The Labute approximate surface area is 184 Å². The van der Waals surface area contributed by atoms with E-state index in [0.717, 1.165) is 6.07 Å². The molecule has 1 saturated heterocycles. The molecule has 1 fully saturated rings. The van der Waals surface area contributed by atoms with Crippen molar-refractivity contribution in [1.29, 1.82) is 5.26 Å². The third-order valence-corrected chi connectivity index (χ3v) is 5.13. The molecule has 2 aromatic rings. The molecule has 0 saturated carbocycles. The molecule has 2 unspecified atom stereocenters. The van der Waals surface area contributed by atoms with Crippen LogP contribution in [0.3, 0.4) is 0 Å². The number of aromatic nitrogens is 3. The summed E-state index contributed by atoms with van der Waals surface area (Å²) >= 11 is 0. The minimum Gasteiger partial charge on any atom is -0.444 e. The van der Waals surface area contributed by atoms with Crippen LogP contribution in [0.2, 0.25) is 0 Å². The van der Waals surface area contributed by atoms with Crippen LogP contribution in [-0.4, -0.2) is 56.9 Å². The zero-order valence-corrected chi connectivity index (χ0v) is 18.0. The van der Waals surface area contributed by atoms with Crippen molar-refractivity contribution in [2.45, 2.75) is 50.9 Å². The molecule has 1 N–H and O–H groups in total. The Morgan fingerprint density at radius 2 is 2.25 bits per heavy atom. The van der Waals surface area contributed by atoms with Gasteiger partial charge < -0.3 is 15.0 Å². The van der Waals surface area contributed by atoms with Gasteiger partial charge in [-0.05, 0) is 33.3 Å². The van der Waals surface area contributed by atoms with Gasteiger partial charge in [-0.1, -0.05) is 0 Å². The topological polar surface area (TPSA) is 113 Å². The molecule has 170 valence electrons. The first-order valence-electron chi connectivity index (χ1n) is 10.0. The Morgan fingerprint density at radius 3 is 2.84 bits per heavy atom. The number of carbonyl (C=O) groups excluding carboxylic acids is 2. The van der Waals surface area contributed by atoms with Crippen LogP contribution in [0.4, 0.5) is 25.1 Å². The van der Waals surface area contributed by atoms with Gasteiger partial charge in [0.15, 0.2) is 12.1 Å². The number of nitrogens with one attached hydrogen (secondary N) is 1. The summed E-state index contributed by atoms with van der Waals surface area (Å²) in [6.07, 6.45) is 0.711. The summed E-state index contributed by atoms with van der Waals surface area (Å²) in [7, 11) is 0. The lowest BCUT2D eigenvalue weighted by Crippen LogP contribution is -2.56. The largest absolute Gasteiger partial charge is 0.444 e. The second-order valence-corrected chi connectivity index (χ2v) is 8.57. The predicted octanol–water partition coefficient (Wildman–Crippen LogP) is 3.56. The molecule has 2 atom stereocenters. The SMILES string of the molecule is CC(C)(C)OC(=O)N1CCC(CC#N)(n2cc(C=O)c(Nc3ccnc(F)c3)n2)C(F)C1. The lowest BCUT2D eigenvalue weighted by molar-refractivity contribution is -0.0179. The molecule has 0 aliphatic carbocycles. The highest BCUT2D eigenvalue weighted by atomic mass is 19.1. The van der Waals surface area contributed by atoms with Crippen LogP contribution in [0.5, 0.6) is 0 Å². The number of pyridine rings is 1. The maximum Gasteiger partial charge on any atom is 0.410 e. The second kappa shape index (κ2) is 8.90. The van der Waals surface area contributed by atoms with E-state index >= 15 is 4.39 Å². The lowest BCUT2D eigenvalue weighted by Gasteiger charge is -2.43. The van der Waals surface area contributed by atoms with Crippen molar-refractivity contribution in [2.24, 2.45) is 0 Å². The summed E-state index contributed by atoms with van der Waals surface area (Å²) in [6.45, 7) is 5.01. The summed E-state index contributed by atoms with van der Waals surface area (Å²) in [5, 5.41) is 16.5. The standard InChI is InChI=1S/C21H24F2N6O3/c1-20(2,3)32-19(31)28-9-6-21(5-7-24,16(22)12-28)29-11-14(13-30)18(27-29)26-15-4-8-25-17(23)10-15/h4,8,10-11,13,16H,5-6,9,12H2,1-3H3,(H,25,26,27). The van der Waals surface area contributed by atoms with E-state index in [2.05, 4.69) is 15.4 Å². The molecule has 0 bridgehead atoms. The van der Waals surface area contributed by atoms with E-state index in [4.69, 9.17) is 4.74 Å². The van der Waals surface area contributed by atoms with Gasteiger partial charge in [0.2, 0.25) is 5.95 Å². The number of hydrogen-bond donors (Lipinski definition) is 1. The molecule has 0 aromatic carbocycles. The molecule has 11 heteroatoms. The Balaban J connectivity index is 1.88. The smallest absolute Gasteiger partial charge is 0.410 e. The number of likely N-dealkylation sites (tertiary alicyclic amines) is 1. The molecule has 2 aromatic heterocycles. The molecule has 32 heavy (non-hydrogen) atoms. The van der Waals surface area contributed by atoms with Crippen LogP contribution in [0.1, 0.15) is 44.0 Å². The van der Waals surface area contributed by atoms with E-state index in [0.29, 0.717) is 12.0 Å². The van der Waals surface area contributed by atoms with Crippen molar-refractivity contribution in [1.82, 2.24) is 19.7 Å². The van der Waals surface area contributed by atoms with Crippen molar-refractivity contribution in [3.8, 4) is 6.07 Å². The van der Waals surface area contributed by atoms with Crippen molar-refractivity contribution in [3.63, 3.8) is 0 Å². The maximum atomic E-state index is 15.5. The first-order chi connectivity index (χ1) is 15.1. The molecule has 3 heterocycles. The van der Waals surface area contributed by atoms with Crippen molar-refractivity contribution >= 4 is 23.9 Å². The van der Waals surface area contributed by atoms with E-state index in [9.17, 15) is 19.2 Å². The average molecular weight is 446 g/mol. The highest BCUT2D eigenvalue weighted by Crippen LogP contribution is 2.37. The van der Waals surface area contributed by atoms with Gasteiger partial charge in [0.1, 0.15) is 17.3 Å². The van der Waals surface area contributed by atoms with Gasteiger partial charge in [-0.15, -0.1) is 0 Å². The van der Waals surface area contributed by atoms with E-state index in [1.807, 2.05) is 6.07 Å². The van der Waals surface area contributed by atoms with E-state index in [-0.39, 0.29) is 37.3 Å². The number of nitriles is 1. The van der Waals surface area contributed by atoms with Gasteiger partial charge in [-0.2, -0.15) is 14.8 Å². The van der Waals surface area contributed by atoms with Crippen molar-refractivity contribution in [3.05, 3.63) is 36.0 Å². The summed E-state index contributed by atoms with van der Waals surface area (Å²) in [5.74, 6) is -0.633. The number of anilines is 2. The van der Waals surface area contributed by atoms with Crippen molar-refractivity contribution in [2.75, 3.05) is 18.4 Å². The van der Waals surface area contributed by atoms with E-state index < -0.39 is 29.4 Å². The quantitative estimate of drug-likeness (QED) is 0.552. The molecule has 9 nitrogen and oxygen atoms in total. The van der Waals surface area contributed by atoms with Gasteiger partial charge in [-0.25, -0.2) is 14.2 Å². The van der Waals surface area contributed by atoms with E-state index in [1.54, 1.807) is 20.8 Å². The molecular formula is C21H24F2N6O3. The van der Waals surface area contributed by atoms with Gasteiger partial charge in [0.25, 0.3) is 0 Å². The van der Waals surface area contributed by atoms with Crippen LogP contribution in [0.15, 0.2) is 24.5 Å². The molecule has 1 amide bonds. The summed E-state index contributed by atoms with van der Waals surface area (Å²) in [5.41, 5.74) is -1.69. The first-order valence-corrected chi connectivity index (χ1v) is 10.0. The number of rotatable bonds is 5. The number of halogens is 2. The zero-order valence-electron chi connectivity index (χ0n) is 18.0. The normalized spacial score (nSPS) is 21.0. The van der Waals surface area contributed by atoms with Gasteiger partial charge in [-0.3, -0.25) is 9.48 Å². The van der Waals surface area contributed by atoms with Crippen LogP contribution in [0.25, 0.3) is 0 Å². The highest BCUT2D eigenvalue weighted by Gasteiger charge is 2.48. The highest BCUT2D eigenvalue weighted by molar-refractivity contribution is 5.83. The fourth-order valence-electron chi connectivity index (χ4n) is 3.52. The van der Waals surface area contributed by atoms with Gasteiger partial charge in [0.05, 0.1) is 24.6 Å². The monoisotopic (exact) mass is 446 g/mol. The number of aldehydes is 1. The fraction of sp³-hybridized carbons (Fsp3) is 0.476. The number of alkyl halides is 1. The lowest BCUT2D eigenvalue weighted by atomic mass is 9.83. The minimum absolute atomic E-state index is 0.0876. The molecule has 0 spiro atoms. The van der Waals surface area contributed by atoms with E-state index in [1.165, 1.54) is 28.0 Å². The third-order valence-electron chi connectivity index (χ3n) is 5.13. The summed E-state index contributed by atoms with van der Waals surface area (Å²) in [4.78, 5) is 28.7. The molecule has 3 rings (SSSR count). The number of amides is 1. The Hall–Kier alpha value is -3.55. The van der Waals surface area contributed by atoms with Crippen LogP contribution in [0, 0.1) is 17.3 Å². The summed E-state index contributed by atoms with van der Waals surface area (Å²) < 4.78 is 35.5. The molecular weight excluding hydrogens is 422 g/mol. The zero-order chi connectivity index (χ0) is 23.5.